The summed E-state index contributed by atoms with van der Waals surface area (Å²) in [5.74, 6) is 1.09. The number of rotatable bonds is 1. The summed E-state index contributed by atoms with van der Waals surface area (Å²) in [7, 11) is 0. The van der Waals surface area contributed by atoms with E-state index in [9.17, 15) is 9.59 Å². The highest BCUT2D eigenvalue weighted by Crippen LogP contribution is 2.46. The minimum Gasteiger partial charge on any atom is -0.487 e. The van der Waals surface area contributed by atoms with E-state index < -0.39 is 0 Å². The van der Waals surface area contributed by atoms with Crippen molar-refractivity contribution in [3.8, 4) is 5.75 Å². The molecule has 5 rings (SSSR count). The quantitative estimate of drug-likeness (QED) is 0.816. The Morgan fingerprint density at radius 3 is 2.22 bits per heavy atom. The van der Waals surface area contributed by atoms with Crippen LogP contribution in [0.25, 0.3) is 0 Å². The molecule has 0 fully saturated rings. The Hall–Kier alpha value is -2.36. The average Bonchev–Trinajstić information content (AvgIpc) is 2.93. The molecule has 0 atom stereocenters. The van der Waals surface area contributed by atoms with Crippen molar-refractivity contribution in [2.75, 3.05) is 0 Å². The van der Waals surface area contributed by atoms with Crippen molar-refractivity contribution in [1.29, 1.82) is 0 Å². The first-order valence-electron chi connectivity index (χ1n) is 10.0. The Balaban J connectivity index is 1.66. The molecule has 0 amide bonds. The van der Waals surface area contributed by atoms with E-state index >= 15 is 0 Å². The highest BCUT2D eigenvalue weighted by atomic mass is 16.5. The predicted molar refractivity (Wildman–Crippen MR) is 102 cm³/mol. The molecule has 4 aliphatic rings. The van der Waals surface area contributed by atoms with Crippen molar-refractivity contribution in [3.63, 3.8) is 0 Å². The van der Waals surface area contributed by atoms with Gasteiger partial charge in [-0.3, -0.25) is 9.59 Å². The zero-order valence-corrected chi connectivity index (χ0v) is 16.0. The van der Waals surface area contributed by atoms with Crippen molar-refractivity contribution >= 4 is 11.6 Å². The minimum absolute atomic E-state index is 0.191. The lowest BCUT2D eigenvalue weighted by molar-refractivity contribution is -0.116. The van der Waals surface area contributed by atoms with Gasteiger partial charge in [0.25, 0.3) is 0 Å². The van der Waals surface area contributed by atoms with E-state index in [0.717, 1.165) is 66.0 Å². The Bertz CT molecular complexity index is 893. The summed E-state index contributed by atoms with van der Waals surface area (Å²) in [4.78, 5) is 25.7. The molecule has 0 radical (unpaired) electrons. The number of carbonyl (C=O) groups is 2. The van der Waals surface area contributed by atoms with Crippen LogP contribution in [-0.2, 0) is 16.0 Å². The van der Waals surface area contributed by atoms with Gasteiger partial charge in [-0.05, 0) is 56.7 Å². The molecule has 0 bridgehead atoms. The predicted octanol–water partition coefficient (Wildman–Crippen LogP) is 4.10. The van der Waals surface area contributed by atoms with Crippen LogP contribution in [0, 0.1) is 0 Å². The summed E-state index contributed by atoms with van der Waals surface area (Å²) >= 11 is 0. The average molecular weight is 363 g/mol. The van der Waals surface area contributed by atoms with Crippen LogP contribution in [0.4, 0.5) is 0 Å². The number of dihydropyridines is 1. The fraction of sp³-hybridized carbons (Fsp3) is 0.478. The molecule has 1 N–H and O–H groups in total. The summed E-state index contributed by atoms with van der Waals surface area (Å²) in [6, 6.07) is 6.23. The van der Waals surface area contributed by atoms with Crippen molar-refractivity contribution in [2.24, 2.45) is 0 Å². The van der Waals surface area contributed by atoms with Gasteiger partial charge in [0, 0.05) is 47.7 Å². The molecule has 4 heteroatoms. The largest absolute Gasteiger partial charge is 0.487 e. The number of fused-ring (bicyclic) bond motifs is 1. The van der Waals surface area contributed by atoms with Crippen LogP contribution in [0.5, 0.6) is 5.75 Å². The van der Waals surface area contributed by atoms with E-state index in [-0.39, 0.29) is 23.1 Å². The highest BCUT2D eigenvalue weighted by molar-refractivity contribution is 6.06. The van der Waals surface area contributed by atoms with Crippen LogP contribution in [-0.4, -0.2) is 17.2 Å². The molecular formula is C23H25NO3. The SMILES string of the molecule is CC1(C)Cc2cc(C3C4=C(CCCC4=O)NC4=C3C(=O)CCC4)ccc2O1. The fourth-order valence-corrected chi connectivity index (χ4v) is 5.13. The van der Waals surface area contributed by atoms with Crippen molar-refractivity contribution < 1.29 is 14.3 Å². The van der Waals surface area contributed by atoms with Gasteiger partial charge in [0.1, 0.15) is 11.4 Å². The highest BCUT2D eigenvalue weighted by Gasteiger charge is 2.41. The fourth-order valence-electron chi connectivity index (χ4n) is 5.13. The van der Waals surface area contributed by atoms with Crippen LogP contribution in [0.2, 0.25) is 0 Å². The maximum Gasteiger partial charge on any atom is 0.161 e. The van der Waals surface area contributed by atoms with Crippen LogP contribution in [0.1, 0.15) is 69.4 Å². The Kier molecular flexibility index (Phi) is 3.62. The third-order valence-corrected chi connectivity index (χ3v) is 6.21. The molecule has 0 unspecified atom stereocenters. The van der Waals surface area contributed by atoms with Crippen molar-refractivity contribution in [1.82, 2.24) is 5.32 Å². The molecule has 0 saturated carbocycles. The normalized spacial score (nSPS) is 24.2. The Morgan fingerprint density at radius 2 is 1.59 bits per heavy atom. The molecule has 1 aromatic carbocycles. The maximum atomic E-state index is 12.9. The van der Waals surface area contributed by atoms with Crippen LogP contribution >= 0.6 is 0 Å². The van der Waals surface area contributed by atoms with Gasteiger partial charge in [-0.2, -0.15) is 0 Å². The molecule has 2 aliphatic heterocycles. The maximum absolute atomic E-state index is 12.9. The number of carbonyl (C=O) groups excluding carboxylic acids is 2. The topological polar surface area (TPSA) is 55.4 Å². The summed E-state index contributed by atoms with van der Waals surface area (Å²) in [5.41, 5.74) is 5.77. The zero-order valence-electron chi connectivity index (χ0n) is 16.0. The number of nitrogens with one attached hydrogen (secondary N) is 1. The number of hydrogen-bond donors (Lipinski definition) is 1. The van der Waals surface area contributed by atoms with E-state index in [1.54, 1.807) is 0 Å². The first kappa shape index (κ1) is 16.8. The van der Waals surface area contributed by atoms with Gasteiger partial charge in [0.2, 0.25) is 0 Å². The molecule has 0 saturated heterocycles. The Labute approximate surface area is 159 Å². The van der Waals surface area contributed by atoms with Gasteiger partial charge in [0.15, 0.2) is 11.6 Å². The standard InChI is InChI=1S/C23H25NO3/c1-23(2)12-14-11-13(9-10-19(14)27-23)20-21-15(5-3-7-17(21)25)24-16-6-4-8-18(26)22(16)20/h9-11,20,24H,3-8,12H2,1-2H3. The monoisotopic (exact) mass is 363 g/mol. The van der Waals surface area contributed by atoms with E-state index in [1.165, 1.54) is 5.56 Å². The summed E-state index contributed by atoms with van der Waals surface area (Å²) in [5, 5.41) is 3.48. The second-order valence-electron chi connectivity index (χ2n) is 8.80. The molecule has 1 aromatic rings. The van der Waals surface area contributed by atoms with Crippen LogP contribution in [0.3, 0.4) is 0 Å². The lowest BCUT2D eigenvalue weighted by Gasteiger charge is -2.37. The van der Waals surface area contributed by atoms with E-state index in [4.69, 9.17) is 4.74 Å². The number of ether oxygens (including phenoxy) is 1. The third kappa shape index (κ3) is 2.65. The molecule has 2 aliphatic carbocycles. The third-order valence-electron chi connectivity index (χ3n) is 6.21. The minimum atomic E-state index is -0.217. The number of benzene rings is 1. The second-order valence-corrected chi connectivity index (χ2v) is 8.80. The van der Waals surface area contributed by atoms with Gasteiger partial charge in [-0.1, -0.05) is 12.1 Å². The first-order chi connectivity index (χ1) is 12.9. The zero-order chi connectivity index (χ0) is 18.8. The Morgan fingerprint density at radius 1 is 0.963 bits per heavy atom. The van der Waals surface area contributed by atoms with Crippen LogP contribution < -0.4 is 10.1 Å². The van der Waals surface area contributed by atoms with Gasteiger partial charge in [0.05, 0.1) is 0 Å². The molecular weight excluding hydrogens is 338 g/mol. The molecule has 4 nitrogen and oxygen atoms in total. The molecule has 27 heavy (non-hydrogen) atoms. The molecule has 0 spiro atoms. The lowest BCUT2D eigenvalue weighted by atomic mass is 9.71. The van der Waals surface area contributed by atoms with E-state index in [0.29, 0.717) is 12.8 Å². The number of ketones is 2. The number of allylic oxidation sites excluding steroid dienone is 4. The van der Waals surface area contributed by atoms with Crippen molar-refractivity contribution in [3.05, 3.63) is 51.9 Å². The summed E-state index contributed by atoms with van der Waals surface area (Å²) < 4.78 is 6.02. The van der Waals surface area contributed by atoms with Gasteiger partial charge in [-0.25, -0.2) is 0 Å². The van der Waals surface area contributed by atoms with E-state index in [2.05, 4.69) is 31.3 Å². The summed E-state index contributed by atoms with van der Waals surface area (Å²) in [6.45, 7) is 4.18. The van der Waals surface area contributed by atoms with Gasteiger partial charge in [-0.15, -0.1) is 0 Å². The number of hydrogen-bond acceptors (Lipinski definition) is 4. The van der Waals surface area contributed by atoms with Crippen molar-refractivity contribution in [2.45, 2.75) is 70.3 Å². The van der Waals surface area contributed by atoms with Gasteiger partial charge >= 0.3 is 0 Å². The first-order valence-corrected chi connectivity index (χ1v) is 10.0. The smallest absolute Gasteiger partial charge is 0.161 e. The molecule has 2 heterocycles. The van der Waals surface area contributed by atoms with Crippen LogP contribution in [0.15, 0.2) is 40.7 Å². The molecule has 140 valence electrons. The summed E-state index contributed by atoms with van der Waals surface area (Å²) in [6.07, 6.45) is 5.57. The molecule has 0 aromatic heterocycles. The van der Waals surface area contributed by atoms with Gasteiger partial charge < -0.3 is 10.1 Å². The second kappa shape index (κ2) is 5.82. The van der Waals surface area contributed by atoms with E-state index in [1.807, 2.05) is 6.07 Å². The lowest BCUT2D eigenvalue weighted by Crippen LogP contribution is -2.36. The number of Topliss-reactive ketones (excluding diaryl/α,β-unsaturated/α-hetero) is 2.